The highest BCUT2D eigenvalue weighted by atomic mass is 79.9. The van der Waals surface area contributed by atoms with Gasteiger partial charge in [0.2, 0.25) is 0 Å². The molecular weight excluding hydrogens is 304 g/mol. The van der Waals surface area contributed by atoms with Crippen LogP contribution in [0.2, 0.25) is 0 Å². The molecule has 1 aromatic carbocycles. The van der Waals surface area contributed by atoms with E-state index < -0.39 is 6.10 Å². The number of nitrogens with zero attached hydrogens (tertiary/aromatic N) is 2. The highest BCUT2D eigenvalue weighted by Crippen LogP contribution is 2.26. The van der Waals surface area contributed by atoms with Crippen LogP contribution in [-0.4, -0.2) is 14.9 Å². The highest BCUT2D eigenvalue weighted by Gasteiger charge is 2.16. The van der Waals surface area contributed by atoms with E-state index in [1.165, 1.54) is 5.56 Å². The van der Waals surface area contributed by atoms with Gasteiger partial charge >= 0.3 is 0 Å². The Balaban J connectivity index is 1.91. The van der Waals surface area contributed by atoms with Crippen LogP contribution in [0.5, 0.6) is 0 Å². The topological polar surface area (TPSA) is 38.0 Å². The largest absolute Gasteiger partial charge is 0.387 e. The zero-order valence-electron chi connectivity index (χ0n) is 11.1. The minimum atomic E-state index is -0.458. The number of aromatic nitrogens is 2. The van der Waals surface area contributed by atoms with Gasteiger partial charge in [-0.05, 0) is 47.7 Å². The van der Waals surface area contributed by atoms with Crippen molar-refractivity contribution in [1.29, 1.82) is 0 Å². The number of hydrogen-bond acceptors (Lipinski definition) is 2. The molecule has 0 fully saturated rings. The number of halogens is 1. The fraction of sp³-hybridized carbons (Fsp3) is 0.400. The van der Waals surface area contributed by atoms with E-state index in [0.29, 0.717) is 0 Å². The summed E-state index contributed by atoms with van der Waals surface area (Å²) in [7, 11) is 0. The maximum atomic E-state index is 10.3. The molecule has 1 heterocycles. The number of aliphatic hydroxyl groups is 1. The second-order valence-electron chi connectivity index (χ2n) is 4.59. The normalized spacial score (nSPS) is 12.6. The standard InChI is InChI=1S/C15H19BrN2O/c1-2-18-15(13(16)11-17-18)14(19)10-6-9-12-7-4-3-5-8-12/h3-5,7-8,11,14,19H,2,6,9-10H2,1H3. The van der Waals surface area contributed by atoms with Gasteiger partial charge in [-0.2, -0.15) is 5.10 Å². The molecule has 19 heavy (non-hydrogen) atoms. The van der Waals surface area contributed by atoms with Gasteiger partial charge in [0.05, 0.1) is 22.5 Å². The second-order valence-corrected chi connectivity index (χ2v) is 5.44. The fourth-order valence-electron chi connectivity index (χ4n) is 2.24. The van der Waals surface area contributed by atoms with Crippen molar-refractivity contribution >= 4 is 15.9 Å². The van der Waals surface area contributed by atoms with Crippen LogP contribution in [0.1, 0.15) is 37.1 Å². The first-order chi connectivity index (χ1) is 9.22. The van der Waals surface area contributed by atoms with Crippen LogP contribution in [-0.2, 0) is 13.0 Å². The van der Waals surface area contributed by atoms with E-state index in [4.69, 9.17) is 0 Å². The Hall–Kier alpha value is -1.13. The van der Waals surface area contributed by atoms with Crippen molar-refractivity contribution < 1.29 is 5.11 Å². The van der Waals surface area contributed by atoms with Crippen molar-refractivity contribution in [1.82, 2.24) is 9.78 Å². The molecule has 1 unspecified atom stereocenters. The Morgan fingerprint density at radius 3 is 2.74 bits per heavy atom. The summed E-state index contributed by atoms with van der Waals surface area (Å²) in [6.45, 7) is 2.80. The van der Waals surface area contributed by atoms with E-state index >= 15 is 0 Å². The Bertz CT molecular complexity index is 510. The molecule has 1 atom stereocenters. The minimum Gasteiger partial charge on any atom is -0.387 e. The van der Waals surface area contributed by atoms with Crippen LogP contribution < -0.4 is 0 Å². The third-order valence-electron chi connectivity index (χ3n) is 3.23. The lowest BCUT2D eigenvalue weighted by molar-refractivity contribution is 0.153. The van der Waals surface area contributed by atoms with Crippen LogP contribution >= 0.6 is 15.9 Å². The molecular formula is C15H19BrN2O. The Morgan fingerprint density at radius 1 is 1.32 bits per heavy atom. The third kappa shape index (κ3) is 3.67. The van der Waals surface area contributed by atoms with Crippen molar-refractivity contribution in [3.05, 3.63) is 52.3 Å². The molecule has 2 rings (SSSR count). The number of rotatable bonds is 6. The van der Waals surface area contributed by atoms with E-state index in [0.717, 1.165) is 36.0 Å². The summed E-state index contributed by atoms with van der Waals surface area (Å²) in [6, 6.07) is 10.4. The van der Waals surface area contributed by atoms with Gasteiger partial charge in [-0.15, -0.1) is 0 Å². The SMILES string of the molecule is CCn1ncc(Br)c1C(O)CCCc1ccccc1. The van der Waals surface area contributed by atoms with Crippen LogP contribution in [0.25, 0.3) is 0 Å². The van der Waals surface area contributed by atoms with Crippen molar-refractivity contribution in [2.24, 2.45) is 0 Å². The molecule has 3 nitrogen and oxygen atoms in total. The number of aryl methyl sites for hydroxylation is 2. The first kappa shape index (κ1) is 14.3. The maximum Gasteiger partial charge on any atom is 0.0968 e. The van der Waals surface area contributed by atoms with Crippen molar-refractivity contribution in [3.8, 4) is 0 Å². The van der Waals surface area contributed by atoms with Gasteiger partial charge in [-0.3, -0.25) is 4.68 Å². The van der Waals surface area contributed by atoms with E-state index in [1.54, 1.807) is 6.20 Å². The van der Waals surface area contributed by atoms with Crippen molar-refractivity contribution in [2.45, 2.75) is 38.8 Å². The molecule has 1 aromatic heterocycles. The molecule has 1 N–H and O–H groups in total. The first-order valence-corrected chi connectivity index (χ1v) is 7.45. The van der Waals surface area contributed by atoms with Crippen LogP contribution in [0.15, 0.2) is 41.0 Å². The summed E-state index contributed by atoms with van der Waals surface area (Å²) < 4.78 is 2.73. The monoisotopic (exact) mass is 322 g/mol. The summed E-state index contributed by atoms with van der Waals surface area (Å²) in [5.74, 6) is 0. The molecule has 0 spiro atoms. The first-order valence-electron chi connectivity index (χ1n) is 6.65. The molecule has 0 amide bonds. The van der Waals surface area contributed by atoms with Gasteiger partial charge in [0.1, 0.15) is 0 Å². The third-order valence-corrected chi connectivity index (χ3v) is 3.85. The predicted octanol–water partition coefficient (Wildman–Crippen LogP) is 3.72. The Kier molecular flexibility index (Phi) is 5.16. The smallest absolute Gasteiger partial charge is 0.0968 e. The molecule has 102 valence electrons. The van der Waals surface area contributed by atoms with Gasteiger partial charge in [-0.1, -0.05) is 30.3 Å². The van der Waals surface area contributed by atoms with E-state index in [2.05, 4.69) is 45.3 Å². The van der Waals surface area contributed by atoms with Crippen LogP contribution in [0, 0.1) is 0 Å². The van der Waals surface area contributed by atoms with Crippen molar-refractivity contribution in [2.75, 3.05) is 0 Å². The molecule has 4 heteroatoms. The average Bonchev–Trinajstić information content (AvgIpc) is 2.81. The van der Waals surface area contributed by atoms with Crippen molar-refractivity contribution in [3.63, 3.8) is 0 Å². The molecule has 2 aromatic rings. The average molecular weight is 323 g/mol. The zero-order chi connectivity index (χ0) is 13.7. The lowest BCUT2D eigenvalue weighted by Crippen LogP contribution is -2.08. The van der Waals surface area contributed by atoms with E-state index in [-0.39, 0.29) is 0 Å². The van der Waals surface area contributed by atoms with Crippen LogP contribution in [0.3, 0.4) is 0 Å². The molecule has 0 saturated heterocycles. The maximum absolute atomic E-state index is 10.3. The highest BCUT2D eigenvalue weighted by molar-refractivity contribution is 9.10. The molecule has 0 aliphatic rings. The van der Waals surface area contributed by atoms with Gasteiger partial charge in [0, 0.05) is 6.54 Å². The van der Waals surface area contributed by atoms with Crippen LogP contribution in [0.4, 0.5) is 0 Å². The molecule has 0 bridgehead atoms. The predicted molar refractivity (Wildman–Crippen MR) is 79.9 cm³/mol. The Labute approximate surface area is 122 Å². The van der Waals surface area contributed by atoms with E-state index in [9.17, 15) is 5.11 Å². The lowest BCUT2D eigenvalue weighted by atomic mass is 10.0. The molecule has 0 aliphatic heterocycles. The van der Waals surface area contributed by atoms with Gasteiger partial charge in [-0.25, -0.2) is 0 Å². The lowest BCUT2D eigenvalue weighted by Gasteiger charge is -2.13. The summed E-state index contributed by atoms with van der Waals surface area (Å²) in [5, 5.41) is 14.5. The quantitative estimate of drug-likeness (QED) is 0.880. The minimum absolute atomic E-state index is 0.458. The molecule has 0 radical (unpaired) electrons. The summed E-state index contributed by atoms with van der Waals surface area (Å²) in [6.07, 6.45) is 4.00. The van der Waals surface area contributed by atoms with Gasteiger partial charge in [0.25, 0.3) is 0 Å². The summed E-state index contributed by atoms with van der Waals surface area (Å²) in [5.41, 5.74) is 2.20. The van der Waals surface area contributed by atoms with E-state index in [1.807, 2.05) is 17.7 Å². The second kappa shape index (κ2) is 6.87. The molecule has 0 aliphatic carbocycles. The number of benzene rings is 1. The number of hydrogen-bond donors (Lipinski definition) is 1. The summed E-state index contributed by atoms with van der Waals surface area (Å²) >= 11 is 3.45. The molecule has 0 saturated carbocycles. The fourth-order valence-corrected chi connectivity index (χ4v) is 2.80. The zero-order valence-corrected chi connectivity index (χ0v) is 12.7. The Morgan fingerprint density at radius 2 is 2.05 bits per heavy atom. The van der Waals surface area contributed by atoms with Gasteiger partial charge < -0.3 is 5.11 Å². The number of aliphatic hydroxyl groups excluding tert-OH is 1. The van der Waals surface area contributed by atoms with Gasteiger partial charge in [0.15, 0.2) is 0 Å². The summed E-state index contributed by atoms with van der Waals surface area (Å²) in [4.78, 5) is 0.